The number of carbonyl (C=O) groups excluding carboxylic acids is 1. The highest BCUT2D eigenvalue weighted by Crippen LogP contribution is 2.18. The van der Waals surface area contributed by atoms with Crippen LogP contribution in [0.2, 0.25) is 0 Å². The van der Waals surface area contributed by atoms with Crippen molar-refractivity contribution in [2.45, 2.75) is 26.9 Å². The Labute approximate surface area is 131 Å². The Balaban J connectivity index is 1.98. The van der Waals surface area contributed by atoms with Gasteiger partial charge in [-0.25, -0.2) is 0 Å². The second-order valence-electron chi connectivity index (χ2n) is 5.43. The Hall–Kier alpha value is -2.55. The molecule has 1 amide bonds. The van der Waals surface area contributed by atoms with E-state index in [-0.39, 0.29) is 12.0 Å². The molecule has 22 heavy (non-hydrogen) atoms. The minimum Gasteiger partial charge on any atom is -0.491 e. The summed E-state index contributed by atoms with van der Waals surface area (Å²) in [5.74, 6) is 0.581. The first-order chi connectivity index (χ1) is 10.5. The molecule has 0 heterocycles. The van der Waals surface area contributed by atoms with Gasteiger partial charge in [-0.15, -0.1) is 0 Å². The Morgan fingerprint density at radius 1 is 1.14 bits per heavy atom. The van der Waals surface area contributed by atoms with E-state index in [1.165, 1.54) is 11.6 Å². The van der Waals surface area contributed by atoms with Crippen molar-refractivity contribution in [1.29, 1.82) is 0 Å². The Kier molecular flexibility index (Phi) is 5.37. The summed E-state index contributed by atoms with van der Waals surface area (Å²) in [5, 5.41) is 2.83. The Bertz CT molecular complexity index is 657. The standard InChI is InChI=1S/C19H21NO2/c1-14(2)22-18-6-4-5-17(13-18)20-19(21)12-11-16-9-7-15(3)8-10-16/h4-14H,1-3H3,(H,20,21)/b12-11+. The lowest BCUT2D eigenvalue weighted by atomic mass is 10.1. The third-order valence-electron chi connectivity index (χ3n) is 2.98. The molecule has 114 valence electrons. The van der Waals surface area contributed by atoms with Gasteiger partial charge in [-0.3, -0.25) is 4.79 Å². The van der Waals surface area contributed by atoms with Crippen molar-refractivity contribution in [1.82, 2.24) is 0 Å². The predicted octanol–water partition coefficient (Wildman–Crippen LogP) is 4.43. The molecule has 0 spiro atoms. The number of benzene rings is 2. The number of amides is 1. The molecule has 0 bridgehead atoms. The smallest absolute Gasteiger partial charge is 0.248 e. The fourth-order valence-electron chi connectivity index (χ4n) is 1.95. The summed E-state index contributed by atoms with van der Waals surface area (Å²) in [6.45, 7) is 5.97. The predicted molar refractivity (Wildman–Crippen MR) is 91.0 cm³/mol. The van der Waals surface area contributed by atoms with Gasteiger partial charge < -0.3 is 10.1 Å². The van der Waals surface area contributed by atoms with Gasteiger partial charge in [-0.05, 0) is 44.5 Å². The summed E-state index contributed by atoms with van der Waals surface area (Å²) in [7, 11) is 0. The molecule has 0 fully saturated rings. The summed E-state index contributed by atoms with van der Waals surface area (Å²) in [5.41, 5.74) is 2.91. The highest BCUT2D eigenvalue weighted by atomic mass is 16.5. The van der Waals surface area contributed by atoms with E-state index in [4.69, 9.17) is 4.74 Å². The Morgan fingerprint density at radius 3 is 2.55 bits per heavy atom. The van der Waals surface area contributed by atoms with Gasteiger partial charge >= 0.3 is 0 Å². The number of nitrogens with one attached hydrogen (secondary N) is 1. The van der Waals surface area contributed by atoms with Gasteiger partial charge in [0.1, 0.15) is 5.75 Å². The maximum Gasteiger partial charge on any atom is 0.248 e. The molecule has 2 aromatic rings. The topological polar surface area (TPSA) is 38.3 Å². The van der Waals surface area contributed by atoms with Crippen molar-refractivity contribution >= 4 is 17.7 Å². The molecule has 0 aromatic heterocycles. The van der Waals surface area contributed by atoms with Gasteiger partial charge in [-0.2, -0.15) is 0 Å². The van der Waals surface area contributed by atoms with Gasteiger partial charge in [0.25, 0.3) is 0 Å². The second-order valence-corrected chi connectivity index (χ2v) is 5.43. The summed E-state index contributed by atoms with van der Waals surface area (Å²) in [6, 6.07) is 15.4. The molecule has 0 saturated heterocycles. The van der Waals surface area contributed by atoms with E-state index in [9.17, 15) is 4.79 Å². The quantitative estimate of drug-likeness (QED) is 0.828. The molecule has 2 rings (SSSR count). The van der Waals surface area contributed by atoms with E-state index < -0.39 is 0 Å². The van der Waals surface area contributed by atoms with E-state index in [1.807, 2.05) is 69.3 Å². The molecular formula is C19H21NO2. The number of carbonyl (C=O) groups is 1. The second kappa shape index (κ2) is 7.46. The molecule has 3 nitrogen and oxygen atoms in total. The van der Waals surface area contributed by atoms with Crippen LogP contribution in [0.25, 0.3) is 6.08 Å². The maximum absolute atomic E-state index is 11.9. The molecule has 1 N–H and O–H groups in total. The van der Waals surface area contributed by atoms with Gasteiger partial charge in [0.2, 0.25) is 5.91 Å². The molecule has 0 aliphatic heterocycles. The number of hydrogen-bond donors (Lipinski definition) is 1. The SMILES string of the molecule is Cc1ccc(/C=C/C(=O)Nc2cccc(OC(C)C)c2)cc1. The van der Waals surface area contributed by atoms with Crippen molar-refractivity contribution in [3.8, 4) is 5.75 Å². The summed E-state index contributed by atoms with van der Waals surface area (Å²) < 4.78 is 5.61. The number of aryl methyl sites for hydroxylation is 1. The van der Waals surface area contributed by atoms with Crippen molar-refractivity contribution < 1.29 is 9.53 Å². The molecule has 0 aliphatic carbocycles. The van der Waals surface area contributed by atoms with Crippen LogP contribution >= 0.6 is 0 Å². The van der Waals surface area contributed by atoms with Crippen molar-refractivity contribution in [2.24, 2.45) is 0 Å². The third kappa shape index (κ3) is 5.09. The van der Waals surface area contributed by atoms with E-state index in [2.05, 4.69) is 5.32 Å². The molecule has 3 heteroatoms. The normalized spacial score (nSPS) is 10.9. The summed E-state index contributed by atoms with van der Waals surface area (Å²) in [4.78, 5) is 11.9. The monoisotopic (exact) mass is 295 g/mol. The van der Waals surface area contributed by atoms with Crippen molar-refractivity contribution in [2.75, 3.05) is 5.32 Å². The van der Waals surface area contributed by atoms with Crippen molar-refractivity contribution in [3.05, 3.63) is 65.7 Å². The Morgan fingerprint density at radius 2 is 1.86 bits per heavy atom. The number of rotatable bonds is 5. The molecule has 0 saturated carbocycles. The molecular weight excluding hydrogens is 274 g/mol. The first-order valence-corrected chi connectivity index (χ1v) is 7.35. The minimum atomic E-state index is -0.165. The van der Waals surface area contributed by atoms with E-state index >= 15 is 0 Å². The van der Waals surface area contributed by atoms with Crippen LogP contribution in [0.15, 0.2) is 54.6 Å². The molecule has 0 atom stereocenters. The zero-order valence-electron chi connectivity index (χ0n) is 13.2. The molecule has 0 radical (unpaired) electrons. The third-order valence-corrected chi connectivity index (χ3v) is 2.98. The van der Waals surface area contributed by atoms with Gasteiger partial charge in [0.15, 0.2) is 0 Å². The number of anilines is 1. The average Bonchev–Trinajstić information content (AvgIpc) is 2.46. The van der Waals surface area contributed by atoms with Crippen LogP contribution in [0.4, 0.5) is 5.69 Å². The lowest BCUT2D eigenvalue weighted by molar-refractivity contribution is -0.111. The number of ether oxygens (including phenoxy) is 1. The van der Waals surface area contributed by atoms with Crippen LogP contribution in [0.1, 0.15) is 25.0 Å². The largest absolute Gasteiger partial charge is 0.491 e. The molecule has 0 unspecified atom stereocenters. The van der Waals surface area contributed by atoms with Crippen LogP contribution in [-0.4, -0.2) is 12.0 Å². The lowest BCUT2D eigenvalue weighted by Crippen LogP contribution is -2.09. The lowest BCUT2D eigenvalue weighted by Gasteiger charge is -2.10. The van der Waals surface area contributed by atoms with E-state index in [0.29, 0.717) is 0 Å². The highest BCUT2D eigenvalue weighted by molar-refractivity contribution is 6.02. The number of hydrogen-bond acceptors (Lipinski definition) is 2. The van der Waals surface area contributed by atoms with Crippen LogP contribution in [0.5, 0.6) is 5.75 Å². The van der Waals surface area contributed by atoms with Crippen LogP contribution < -0.4 is 10.1 Å². The van der Waals surface area contributed by atoms with E-state index in [0.717, 1.165) is 17.0 Å². The summed E-state index contributed by atoms with van der Waals surface area (Å²) in [6.07, 6.45) is 3.43. The fourth-order valence-corrected chi connectivity index (χ4v) is 1.95. The first-order valence-electron chi connectivity index (χ1n) is 7.35. The maximum atomic E-state index is 11.9. The molecule has 0 aliphatic rings. The average molecular weight is 295 g/mol. The fraction of sp³-hybridized carbons (Fsp3) is 0.211. The highest BCUT2D eigenvalue weighted by Gasteiger charge is 2.01. The van der Waals surface area contributed by atoms with Gasteiger partial charge in [0.05, 0.1) is 6.10 Å². The van der Waals surface area contributed by atoms with Gasteiger partial charge in [0, 0.05) is 17.8 Å². The van der Waals surface area contributed by atoms with E-state index in [1.54, 1.807) is 6.08 Å². The van der Waals surface area contributed by atoms with Gasteiger partial charge in [-0.1, -0.05) is 35.9 Å². The molecule has 2 aromatic carbocycles. The summed E-state index contributed by atoms with van der Waals surface area (Å²) >= 11 is 0. The first kappa shape index (κ1) is 15.8. The zero-order valence-corrected chi connectivity index (χ0v) is 13.2. The van der Waals surface area contributed by atoms with Crippen LogP contribution in [0, 0.1) is 6.92 Å². The minimum absolute atomic E-state index is 0.104. The van der Waals surface area contributed by atoms with Crippen LogP contribution in [0.3, 0.4) is 0 Å². The van der Waals surface area contributed by atoms with Crippen LogP contribution in [-0.2, 0) is 4.79 Å². The van der Waals surface area contributed by atoms with Crippen molar-refractivity contribution in [3.63, 3.8) is 0 Å². The zero-order chi connectivity index (χ0) is 15.9.